The molecule has 2 rings (SSSR count). The number of halogens is 2. The Morgan fingerprint density at radius 2 is 2.06 bits per heavy atom. The molecule has 2 atom stereocenters. The van der Waals surface area contributed by atoms with Gasteiger partial charge in [0.15, 0.2) is 0 Å². The minimum Gasteiger partial charge on any atom is -0.324 e. The van der Waals surface area contributed by atoms with Gasteiger partial charge in [0.05, 0.1) is 16.6 Å². The maximum Gasteiger partial charge on any atom is 0.229 e. The molecule has 0 aromatic heterocycles. The Bertz CT molecular complexity index is 476. The number of amides is 1. The SMILES string of the molecule is Cc1cc(Cl)c(NC(=O)C2CNCC2C)cc1Cl. The predicted octanol–water partition coefficient (Wildman–Crippen LogP) is 3.10. The molecule has 1 aromatic carbocycles. The molecule has 0 radical (unpaired) electrons. The number of hydrogen-bond acceptors (Lipinski definition) is 2. The molecular formula is C13H16Cl2N2O. The van der Waals surface area contributed by atoms with Gasteiger partial charge >= 0.3 is 0 Å². The number of carbonyl (C=O) groups excluding carboxylic acids is 1. The topological polar surface area (TPSA) is 41.1 Å². The van der Waals surface area contributed by atoms with E-state index in [-0.39, 0.29) is 11.8 Å². The van der Waals surface area contributed by atoms with Gasteiger partial charge in [0.25, 0.3) is 0 Å². The first-order valence-corrected chi connectivity index (χ1v) is 6.72. The van der Waals surface area contributed by atoms with Gasteiger partial charge in [0.1, 0.15) is 0 Å². The molecule has 3 nitrogen and oxygen atoms in total. The maximum atomic E-state index is 12.1. The summed E-state index contributed by atoms with van der Waals surface area (Å²) in [5.41, 5.74) is 1.48. The van der Waals surface area contributed by atoms with Crippen LogP contribution >= 0.6 is 23.2 Å². The first-order valence-electron chi connectivity index (χ1n) is 5.96. The highest BCUT2D eigenvalue weighted by Crippen LogP contribution is 2.29. The molecule has 98 valence electrons. The van der Waals surface area contributed by atoms with Crippen molar-refractivity contribution in [3.05, 3.63) is 27.7 Å². The standard InChI is InChI=1S/C13H16Cl2N2O/c1-7-3-11(15)12(4-10(7)14)17-13(18)9-6-16-5-8(9)2/h3-4,8-9,16H,5-6H2,1-2H3,(H,17,18). The van der Waals surface area contributed by atoms with E-state index < -0.39 is 0 Å². The van der Waals surface area contributed by atoms with Gasteiger partial charge in [-0.15, -0.1) is 0 Å². The van der Waals surface area contributed by atoms with Gasteiger partial charge in [0, 0.05) is 11.6 Å². The van der Waals surface area contributed by atoms with E-state index in [1.165, 1.54) is 0 Å². The van der Waals surface area contributed by atoms with Crippen molar-refractivity contribution in [1.82, 2.24) is 5.32 Å². The van der Waals surface area contributed by atoms with Gasteiger partial charge in [0.2, 0.25) is 5.91 Å². The van der Waals surface area contributed by atoms with Crippen molar-refractivity contribution in [3.8, 4) is 0 Å². The Labute approximate surface area is 117 Å². The lowest BCUT2D eigenvalue weighted by atomic mass is 9.97. The lowest BCUT2D eigenvalue weighted by Gasteiger charge is -2.15. The molecule has 18 heavy (non-hydrogen) atoms. The van der Waals surface area contributed by atoms with E-state index in [9.17, 15) is 4.79 Å². The Morgan fingerprint density at radius 3 is 2.67 bits per heavy atom. The molecule has 1 aromatic rings. The molecule has 0 bridgehead atoms. The van der Waals surface area contributed by atoms with E-state index in [2.05, 4.69) is 17.6 Å². The molecular weight excluding hydrogens is 271 g/mol. The lowest BCUT2D eigenvalue weighted by Crippen LogP contribution is -2.27. The summed E-state index contributed by atoms with van der Waals surface area (Å²) >= 11 is 12.1. The molecule has 1 aliphatic rings. The van der Waals surface area contributed by atoms with Crippen LogP contribution in [-0.2, 0) is 4.79 Å². The Balaban J connectivity index is 2.14. The monoisotopic (exact) mass is 286 g/mol. The molecule has 1 heterocycles. The number of nitrogens with one attached hydrogen (secondary N) is 2. The highest BCUT2D eigenvalue weighted by Gasteiger charge is 2.29. The van der Waals surface area contributed by atoms with E-state index >= 15 is 0 Å². The zero-order valence-electron chi connectivity index (χ0n) is 10.4. The number of hydrogen-bond donors (Lipinski definition) is 2. The molecule has 1 amide bonds. The molecule has 1 fully saturated rings. The average molecular weight is 287 g/mol. The summed E-state index contributed by atoms with van der Waals surface area (Å²) in [4.78, 5) is 12.1. The fraction of sp³-hybridized carbons (Fsp3) is 0.462. The van der Waals surface area contributed by atoms with Gasteiger partial charge in [-0.1, -0.05) is 30.1 Å². The zero-order valence-corrected chi connectivity index (χ0v) is 11.9. The van der Waals surface area contributed by atoms with E-state index in [0.717, 1.165) is 12.1 Å². The van der Waals surface area contributed by atoms with Crippen LogP contribution in [0.25, 0.3) is 0 Å². The van der Waals surface area contributed by atoms with Crippen LogP contribution in [0.3, 0.4) is 0 Å². The summed E-state index contributed by atoms with van der Waals surface area (Å²) in [5, 5.41) is 7.18. The second-order valence-corrected chi connectivity index (χ2v) is 5.63. The van der Waals surface area contributed by atoms with Crippen LogP contribution in [0.5, 0.6) is 0 Å². The third-order valence-corrected chi connectivity index (χ3v) is 4.08. The van der Waals surface area contributed by atoms with Gasteiger partial charge in [-0.25, -0.2) is 0 Å². The Kier molecular flexibility index (Phi) is 4.15. The largest absolute Gasteiger partial charge is 0.324 e. The number of rotatable bonds is 2. The summed E-state index contributed by atoms with van der Waals surface area (Å²) in [5.74, 6) is 0.320. The molecule has 2 N–H and O–H groups in total. The number of aryl methyl sites for hydroxylation is 1. The predicted molar refractivity (Wildman–Crippen MR) is 75.4 cm³/mol. The highest BCUT2D eigenvalue weighted by molar-refractivity contribution is 6.36. The van der Waals surface area contributed by atoms with Crippen LogP contribution in [0, 0.1) is 18.8 Å². The number of anilines is 1. The first kappa shape index (κ1) is 13.7. The van der Waals surface area contributed by atoms with Crippen LogP contribution in [0.15, 0.2) is 12.1 Å². The summed E-state index contributed by atoms with van der Waals surface area (Å²) in [6, 6.07) is 3.46. The molecule has 1 saturated heterocycles. The van der Waals surface area contributed by atoms with Crippen LogP contribution in [0.4, 0.5) is 5.69 Å². The Morgan fingerprint density at radius 1 is 1.33 bits per heavy atom. The van der Waals surface area contributed by atoms with Gasteiger partial charge in [-0.05, 0) is 37.1 Å². The fourth-order valence-corrected chi connectivity index (χ4v) is 2.56. The van der Waals surface area contributed by atoms with E-state index in [0.29, 0.717) is 28.2 Å². The van der Waals surface area contributed by atoms with Crippen LogP contribution in [0.1, 0.15) is 12.5 Å². The minimum absolute atomic E-state index is 0.00526. The van der Waals surface area contributed by atoms with Crippen LogP contribution in [-0.4, -0.2) is 19.0 Å². The molecule has 2 unspecified atom stereocenters. The normalized spacial score (nSPS) is 23.1. The van der Waals surface area contributed by atoms with Crippen LogP contribution in [0.2, 0.25) is 10.0 Å². The van der Waals surface area contributed by atoms with Crippen LogP contribution < -0.4 is 10.6 Å². The minimum atomic E-state index is -0.0128. The quantitative estimate of drug-likeness (QED) is 0.877. The fourth-order valence-electron chi connectivity index (χ4n) is 2.13. The van der Waals surface area contributed by atoms with Crippen molar-refractivity contribution in [2.24, 2.45) is 11.8 Å². The van der Waals surface area contributed by atoms with Gasteiger partial charge < -0.3 is 10.6 Å². The second-order valence-electron chi connectivity index (χ2n) is 4.81. The van der Waals surface area contributed by atoms with Crippen molar-refractivity contribution in [1.29, 1.82) is 0 Å². The lowest BCUT2D eigenvalue weighted by molar-refractivity contribution is -0.120. The van der Waals surface area contributed by atoms with Gasteiger partial charge in [-0.3, -0.25) is 4.79 Å². The van der Waals surface area contributed by atoms with Gasteiger partial charge in [-0.2, -0.15) is 0 Å². The van der Waals surface area contributed by atoms with Crippen molar-refractivity contribution < 1.29 is 4.79 Å². The second kappa shape index (κ2) is 5.47. The summed E-state index contributed by atoms with van der Waals surface area (Å²) in [6.07, 6.45) is 0. The number of benzene rings is 1. The third kappa shape index (κ3) is 2.79. The molecule has 0 spiro atoms. The molecule has 1 aliphatic heterocycles. The maximum absolute atomic E-state index is 12.1. The summed E-state index contributed by atoms with van der Waals surface area (Å²) in [7, 11) is 0. The molecule has 0 saturated carbocycles. The van der Waals surface area contributed by atoms with E-state index in [1.807, 2.05) is 6.92 Å². The summed E-state index contributed by atoms with van der Waals surface area (Å²) in [6.45, 7) is 5.53. The average Bonchev–Trinajstić information content (AvgIpc) is 2.72. The Hall–Kier alpha value is -0.770. The smallest absolute Gasteiger partial charge is 0.229 e. The zero-order chi connectivity index (χ0) is 13.3. The van der Waals surface area contributed by atoms with Crippen molar-refractivity contribution in [2.75, 3.05) is 18.4 Å². The first-order chi connectivity index (χ1) is 8.49. The van der Waals surface area contributed by atoms with Crippen molar-refractivity contribution in [3.63, 3.8) is 0 Å². The molecule has 5 heteroatoms. The van der Waals surface area contributed by atoms with E-state index in [4.69, 9.17) is 23.2 Å². The summed E-state index contributed by atoms with van der Waals surface area (Å²) < 4.78 is 0. The number of carbonyl (C=O) groups is 1. The molecule has 0 aliphatic carbocycles. The van der Waals surface area contributed by atoms with E-state index in [1.54, 1.807) is 12.1 Å². The van der Waals surface area contributed by atoms with Crippen molar-refractivity contribution in [2.45, 2.75) is 13.8 Å². The highest BCUT2D eigenvalue weighted by atomic mass is 35.5. The third-order valence-electron chi connectivity index (χ3n) is 3.36. The van der Waals surface area contributed by atoms with Crippen molar-refractivity contribution >= 4 is 34.8 Å².